The van der Waals surface area contributed by atoms with Gasteiger partial charge in [-0.2, -0.15) is 11.3 Å². The summed E-state index contributed by atoms with van der Waals surface area (Å²) in [6.07, 6.45) is 1.12. The number of rotatable bonds is 7. The third-order valence-electron chi connectivity index (χ3n) is 2.75. The SMILES string of the molecule is CCNC(CSc1ccccc1)Cc1ccsc1. The van der Waals surface area contributed by atoms with Crippen molar-refractivity contribution in [2.24, 2.45) is 0 Å². The molecular formula is C15H19NS2. The van der Waals surface area contributed by atoms with Crippen LogP contribution >= 0.6 is 23.1 Å². The van der Waals surface area contributed by atoms with Gasteiger partial charge in [0.05, 0.1) is 0 Å². The fourth-order valence-electron chi connectivity index (χ4n) is 1.89. The van der Waals surface area contributed by atoms with Crippen LogP contribution in [0.2, 0.25) is 0 Å². The van der Waals surface area contributed by atoms with E-state index in [1.54, 1.807) is 11.3 Å². The van der Waals surface area contributed by atoms with Crippen molar-refractivity contribution in [2.45, 2.75) is 24.3 Å². The van der Waals surface area contributed by atoms with Crippen LogP contribution < -0.4 is 5.32 Å². The predicted octanol–water partition coefficient (Wildman–Crippen LogP) is 4.06. The Morgan fingerprint density at radius 2 is 2.06 bits per heavy atom. The van der Waals surface area contributed by atoms with Gasteiger partial charge in [-0.25, -0.2) is 0 Å². The van der Waals surface area contributed by atoms with Crippen LogP contribution in [0.4, 0.5) is 0 Å². The number of thiophene rings is 1. The second-order valence-electron chi connectivity index (χ2n) is 4.21. The third-order valence-corrected chi connectivity index (χ3v) is 4.66. The minimum absolute atomic E-state index is 0.551. The summed E-state index contributed by atoms with van der Waals surface area (Å²) >= 11 is 3.71. The van der Waals surface area contributed by atoms with Gasteiger partial charge >= 0.3 is 0 Å². The van der Waals surface area contributed by atoms with E-state index in [0.717, 1.165) is 18.7 Å². The number of hydrogen-bond acceptors (Lipinski definition) is 3. The second kappa shape index (κ2) is 7.62. The largest absolute Gasteiger partial charge is 0.313 e. The molecule has 0 radical (unpaired) electrons. The highest BCUT2D eigenvalue weighted by atomic mass is 32.2. The number of likely N-dealkylation sites (N-methyl/N-ethyl adjacent to an activating group) is 1. The van der Waals surface area contributed by atoms with E-state index in [2.05, 4.69) is 59.4 Å². The van der Waals surface area contributed by atoms with E-state index < -0.39 is 0 Å². The molecule has 0 spiro atoms. The van der Waals surface area contributed by atoms with Crippen molar-refractivity contribution in [1.82, 2.24) is 5.32 Å². The Balaban J connectivity index is 1.86. The fourth-order valence-corrected chi connectivity index (χ4v) is 3.55. The van der Waals surface area contributed by atoms with Crippen LogP contribution in [0.3, 0.4) is 0 Å². The van der Waals surface area contributed by atoms with E-state index in [1.165, 1.54) is 10.5 Å². The summed E-state index contributed by atoms with van der Waals surface area (Å²) in [4.78, 5) is 1.35. The minimum atomic E-state index is 0.551. The zero-order valence-corrected chi connectivity index (χ0v) is 12.3. The number of nitrogens with one attached hydrogen (secondary N) is 1. The zero-order valence-electron chi connectivity index (χ0n) is 10.6. The highest BCUT2D eigenvalue weighted by molar-refractivity contribution is 7.99. The van der Waals surface area contributed by atoms with Gasteiger partial charge in [-0.1, -0.05) is 25.1 Å². The van der Waals surface area contributed by atoms with Crippen molar-refractivity contribution in [3.8, 4) is 0 Å². The van der Waals surface area contributed by atoms with E-state index in [-0.39, 0.29) is 0 Å². The zero-order chi connectivity index (χ0) is 12.6. The normalized spacial score (nSPS) is 12.5. The second-order valence-corrected chi connectivity index (χ2v) is 6.09. The van der Waals surface area contributed by atoms with E-state index in [9.17, 15) is 0 Å². The van der Waals surface area contributed by atoms with Gasteiger partial charge in [0.1, 0.15) is 0 Å². The van der Waals surface area contributed by atoms with Crippen molar-refractivity contribution < 1.29 is 0 Å². The minimum Gasteiger partial charge on any atom is -0.313 e. The fraction of sp³-hybridized carbons (Fsp3) is 0.333. The molecule has 0 aliphatic rings. The molecule has 3 heteroatoms. The first kappa shape index (κ1) is 13.7. The first-order valence-electron chi connectivity index (χ1n) is 6.30. The van der Waals surface area contributed by atoms with Crippen LogP contribution in [0.5, 0.6) is 0 Å². The van der Waals surface area contributed by atoms with Crippen LogP contribution in [-0.4, -0.2) is 18.3 Å². The maximum atomic E-state index is 3.57. The maximum Gasteiger partial charge on any atom is 0.0202 e. The lowest BCUT2D eigenvalue weighted by Gasteiger charge is -2.16. The molecule has 1 atom stereocenters. The van der Waals surface area contributed by atoms with Crippen molar-refractivity contribution >= 4 is 23.1 Å². The van der Waals surface area contributed by atoms with Crippen molar-refractivity contribution in [3.05, 3.63) is 52.7 Å². The van der Waals surface area contributed by atoms with Gasteiger partial charge in [-0.15, -0.1) is 11.8 Å². The summed E-state index contributed by atoms with van der Waals surface area (Å²) in [5.74, 6) is 1.12. The van der Waals surface area contributed by atoms with E-state index >= 15 is 0 Å². The molecule has 1 nitrogen and oxygen atoms in total. The number of thioether (sulfide) groups is 1. The molecule has 0 saturated carbocycles. The van der Waals surface area contributed by atoms with Crippen molar-refractivity contribution in [1.29, 1.82) is 0 Å². The molecule has 96 valence electrons. The Hall–Kier alpha value is -0.770. The summed E-state index contributed by atoms with van der Waals surface area (Å²) < 4.78 is 0. The summed E-state index contributed by atoms with van der Waals surface area (Å²) in [5, 5.41) is 7.98. The maximum absolute atomic E-state index is 3.57. The summed E-state index contributed by atoms with van der Waals surface area (Å²) in [6, 6.07) is 13.4. The standard InChI is InChI=1S/C15H19NS2/c1-2-16-14(10-13-8-9-17-11-13)12-18-15-6-4-3-5-7-15/h3-9,11,14,16H,2,10,12H2,1H3. The molecule has 2 aromatic rings. The van der Waals surface area contributed by atoms with Crippen LogP contribution in [0.1, 0.15) is 12.5 Å². The lowest BCUT2D eigenvalue weighted by atomic mass is 10.1. The van der Waals surface area contributed by atoms with Gasteiger partial charge in [0.25, 0.3) is 0 Å². The summed E-state index contributed by atoms with van der Waals surface area (Å²) in [7, 11) is 0. The van der Waals surface area contributed by atoms with Gasteiger partial charge in [0, 0.05) is 16.7 Å². The topological polar surface area (TPSA) is 12.0 Å². The molecule has 1 heterocycles. The van der Waals surface area contributed by atoms with E-state index in [0.29, 0.717) is 6.04 Å². The Kier molecular flexibility index (Phi) is 5.78. The molecule has 0 amide bonds. The predicted molar refractivity (Wildman–Crippen MR) is 82.7 cm³/mol. The molecule has 1 aromatic heterocycles. The molecule has 1 aromatic carbocycles. The monoisotopic (exact) mass is 277 g/mol. The Morgan fingerprint density at radius 3 is 2.72 bits per heavy atom. The van der Waals surface area contributed by atoms with Crippen molar-refractivity contribution in [3.63, 3.8) is 0 Å². The number of benzene rings is 1. The molecule has 18 heavy (non-hydrogen) atoms. The van der Waals surface area contributed by atoms with E-state index in [1.807, 2.05) is 11.8 Å². The van der Waals surface area contributed by atoms with Gasteiger partial charge in [0.2, 0.25) is 0 Å². The average Bonchev–Trinajstić information content (AvgIpc) is 2.90. The highest BCUT2D eigenvalue weighted by Gasteiger charge is 2.09. The highest BCUT2D eigenvalue weighted by Crippen LogP contribution is 2.19. The summed E-state index contributed by atoms with van der Waals surface area (Å²) in [5.41, 5.74) is 1.44. The van der Waals surface area contributed by atoms with Gasteiger partial charge in [-0.05, 0) is 47.5 Å². The Bertz CT molecular complexity index is 425. The molecule has 2 rings (SSSR count). The van der Waals surface area contributed by atoms with Crippen LogP contribution in [0.15, 0.2) is 52.1 Å². The molecule has 0 aliphatic carbocycles. The molecule has 0 bridgehead atoms. The molecule has 1 unspecified atom stereocenters. The first-order chi connectivity index (χ1) is 8.88. The van der Waals surface area contributed by atoms with Crippen LogP contribution in [0, 0.1) is 0 Å². The van der Waals surface area contributed by atoms with Gasteiger partial charge in [-0.3, -0.25) is 0 Å². The molecule has 1 N–H and O–H groups in total. The third kappa shape index (κ3) is 4.48. The molecular weight excluding hydrogens is 258 g/mol. The van der Waals surface area contributed by atoms with Crippen LogP contribution in [0.25, 0.3) is 0 Å². The van der Waals surface area contributed by atoms with Crippen molar-refractivity contribution in [2.75, 3.05) is 12.3 Å². The average molecular weight is 277 g/mol. The van der Waals surface area contributed by atoms with Crippen LogP contribution in [-0.2, 0) is 6.42 Å². The quantitative estimate of drug-likeness (QED) is 0.766. The molecule has 0 saturated heterocycles. The molecule has 0 fully saturated rings. The smallest absolute Gasteiger partial charge is 0.0202 e. The first-order valence-corrected chi connectivity index (χ1v) is 8.23. The van der Waals surface area contributed by atoms with Gasteiger partial charge in [0.15, 0.2) is 0 Å². The summed E-state index contributed by atoms with van der Waals surface area (Å²) in [6.45, 7) is 3.21. The number of hydrogen-bond donors (Lipinski definition) is 1. The lowest BCUT2D eigenvalue weighted by molar-refractivity contribution is 0.573. The van der Waals surface area contributed by atoms with E-state index in [4.69, 9.17) is 0 Å². The Labute approximate surface area is 118 Å². The Morgan fingerprint density at radius 1 is 1.22 bits per heavy atom. The van der Waals surface area contributed by atoms with Gasteiger partial charge < -0.3 is 5.32 Å². The molecule has 0 aliphatic heterocycles. The lowest BCUT2D eigenvalue weighted by Crippen LogP contribution is -2.33.